The van der Waals surface area contributed by atoms with Gasteiger partial charge in [-0.15, -0.1) is 0 Å². The normalized spacial score (nSPS) is 14.2. The van der Waals surface area contributed by atoms with Crippen molar-refractivity contribution in [1.82, 2.24) is 0 Å². The van der Waals surface area contributed by atoms with Crippen LogP contribution in [-0.2, 0) is 6.42 Å². The second kappa shape index (κ2) is 3.31. The predicted octanol–water partition coefficient (Wildman–Crippen LogP) is 3.16. The van der Waals surface area contributed by atoms with Crippen molar-refractivity contribution in [2.75, 3.05) is 0 Å². The number of nitriles is 1. The molecule has 0 radical (unpaired) electrons. The maximum atomic E-state index is 9.03. The molecule has 0 spiro atoms. The quantitative estimate of drug-likeness (QED) is 0.606. The zero-order valence-corrected chi connectivity index (χ0v) is 8.59. The average molecular weight is 183 g/mol. The predicted molar refractivity (Wildman–Crippen MR) is 57.8 cm³/mol. The van der Waals surface area contributed by atoms with Gasteiger partial charge in [-0.25, -0.2) is 0 Å². The summed E-state index contributed by atoms with van der Waals surface area (Å²) in [6, 6.07) is 6.54. The van der Waals surface area contributed by atoms with Crippen LogP contribution in [0.4, 0.5) is 0 Å². The summed E-state index contributed by atoms with van der Waals surface area (Å²) in [5.41, 5.74) is 5.93. The van der Waals surface area contributed by atoms with Crippen LogP contribution in [0.5, 0.6) is 0 Å². The molecule has 14 heavy (non-hydrogen) atoms. The van der Waals surface area contributed by atoms with E-state index in [1.165, 1.54) is 22.3 Å². The molecule has 1 aromatic rings. The van der Waals surface area contributed by atoms with Crippen LogP contribution < -0.4 is 0 Å². The van der Waals surface area contributed by atoms with Crippen molar-refractivity contribution in [1.29, 1.82) is 5.26 Å². The van der Waals surface area contributed by atoms with Crippen LogP contribution in [0, 0.1) is 25.2 Å². The zero-order chi connectivity index (χ0) is 10.1. The number of aryl methyl sites for hydroxylation is 2. The Balaban J connectivity index is 2.72. The van der Waals surface area contributed by atoms with Gasteiger partial charge in [0.05, 0.1) is 11.6 Å². The van der Waals surface area contributed by atoms with Gasteiger partial charge in [0.15, 0.2) is 0 Å². The Morgan fingerprint density at radius 2 is 1.93 bits per heavy atom. The molecular weight excluding hydrogens is 170 g/mol. The van der Waals surface area contributed by atoms with Gasteiger partial charge in [-0.1, -0.05) is 18.2 Å². The van der Waals surface area contributed by atoms with Gasteiger partial charge >= 0.3 is 0 Å². The highest BCUT2D eigenvalue weighted by atomic mass is 14.3. The maximum Gasteiger partial charge on any atom is 0.0994 e. The van der Waals surface area contributed by atoms with E-state index in [-0.39, 0.29) is 0 Å². The summed E-state index contributed by atoms with van der Waals surface area (Å²) in [5.74, 6) is 0. The molecule has 1 aliphatic carbocycles. The van der Waals surface area contributed by atoms with Crippen LogP contribution in [0.3, 0.4) is 0 Å². The molecule has 1 nitrogen and oxygen atoms in total. The van der Waals surface area contributed by atoms with Crippen molar-refractivity contribution in [3.63, 3.8) is 0 Å². The Labute approximate surface area is 84.7 Å². The Morgan fingerprint density at radius 1 is 1.21 bits per heavy atom. The van der Waals surface area contributed by atoms with Gasteiger partial charge in [-0.3, -0.25) is 0 Å². The Hall–Kier alpha value is -1.55. The Morgan fingerprint density at radius 3 is 2.64 bits per heavy atom. The number of benzene rings is 1. The molecule has 0 aromatic heterocycles. The molecule has 0 bridgehead atoms. The minimum absolute atomic E-state index is 0.854. The van der Waals surface area contributed by atoms with Crippen LogP contribution in [0.15, 0.2) is 18.2 Å². The third kappa shape index (κ3) is 1.24. The highest BCUT2D eigenvalue weighted by Gasteiger charge is 2.15. The molecule has 0 amide bonds. The lowest BCUT2D eigenvalue weighted by molar-refractivity contribution is 0.960. The van der Waals surface area contributed by atoms with Gasteiger partial charge in [0.1, 0.15) is 0 Å². The largest absolute Gasteiger partial charge is 0.192 e. The van der Waals surface area contributed by atoms with Gasteiger partial charge in [0.2, 0.25) is 0 Å². The smallest absolute Gasteiger partial charge is 0.0994 e. The minimum atomic E-state index is 0.854. The summed E-state index contributed by atoms with van der Waals surface area (Å²) < 4.78 is 0. The molecule has 1 aliphatic rings. The summed E-state index contributed by atoms with van der Waals surface area (Å²) in [6.45, 7) is 4.20. The van der Waals surface area contributed by atoms with E-state index in [2.05, 4.69) is 38.1 Å². The van der Waals surface area contributed by atoms with Crippen LogP contribution in [-0.4, -0.2) is 0 Å². The monoisotopic (exact) mass is 183 g/mol. The molecule has 0 N–H and O–H groups in total. The molecule has 0 fully saturated rings. The summed E-state index contributed by atoms with van der Waals surface area (Å²) >= 11 is 0. The lowest BCUT2D eigenvalue weighted by Crippen LogP contribution is -2.03. The fraction of sp³-hybridized carbons (Fsp3) is 0.308. The van der Waals surface area contributed by atoms with E-state index in [0.717, 1.165) is 18.4 Å². The summed E-state index contributed by atoms with van der Waals surface area (Å²) in [7, 11) is 0. The van der Waals surface area contributed by atoms with Crippen molar-refractivity contribution in [2.24, 2.45) is 0 Å². The first kappa shape index (κ1) is 9.02. The second-order valence-corrected chi connectivity index (χ2v) is 3.82. The van der Waals surface area contributed by atoms with E-state index in [0.29, 0.717) is 0 Å². The van der Waals surface area contributed by atoms with Crippen molar-refractivity contribution < 1.29 is 0 Å². The minimum Gasteiger partial charge on any atom is -0.192 e. The summed E-state index contributed by atoms with van der Waals surface area (Å²) in [5, 5.41) is 9.03. The Bertz CT molecular complexity index is 447. The molecule has 0 heterocycles. The molecule has 0 aliphatic heterocycles. The number of rotatable bonds is 0. The Kier molecular flexibility index (Phi) is 2.13. The lowest BCUT2D eigenvalue weighted by atomic mass is 9.85. The molecular formula is C13H13N. The van der Waals surface area contributed by atoms with Crippen LogP contribution in [0.25, 0.3) is 5.57 Å². The van der Waals surface area contributed by atoms with E-state index in [9.17, 15) is 0 Å². The highest BCUT2D eigenvalue weighted by Crippen LogP contribution is 2.30. The second-order valence-electron chi connectivity index (χ2n) is 3.82. The maximum absolute atomic E-state index is 9.03. The molecule has 0 atom stereocenters. The van der Waals surface area contributed by atoms with E-state index in [1.54, 1.807) is 0 Å². The lowest BCUT2D eigenvalue weighted by Gasteiger charge is -2.18. The van der Waals surface area contributed by atoms with Crippen LogP contribution >= 0.6 is 0 Å². The van der Waals surface area contributed by atoms with E-state index < -0.39 is 0 Å². The third-order valence-electron chi connectivity index (χ3n) is 2.89. The highest BCUT2D eigenvalue weighted by molar-refractivity contribution is 5.82. The van der Waals surface area contributed by atoms with E-state index >= 15 is 0 Å². The number of allylic oxidation sites excluding steroid dienone is 2. The van der Waals surface area contributed by atoms with Crippen molar-refractivity contribution in [3.05, 3.63) is 40.5 Å². The van der Waals surface area contributed by atoms with E-state index in [1.807, 2.05) is 0 Å². The van der Waals surface area contributed by atoms with Crippen molar-refractivity contribution in [2.45, 2.75) is 26.7 Å². The first-order valence-electron chi connectivity index (χ1n) is 4.93. The van der Waals surface area contributed by atoms with Gasteiger partial charge in [-0.05, 0) is 48.9 Å². The molecule has 1 aromatic carbocycles. The topological polar surface area (TPSA) is 23.8 Å². The first-order valence-corrected chi connectivity index (χ1v) is 4.93. The standard InChI is InChI=1S/C13H13N/c1-9-6-7-10(2)13-11(8-14)4-3-5-12(9)13/h4,6-7H,3,5H2,1-2H3. The fourth-order valence-corrected chi connectivity index (χ4v) is 2.13. The molecule has 70 valence electrons. The SMILES string of the molecule is Cc1ccc(C)c2c1CCC=C2C#N. The van der Waals surface area contributed by atoms with Gasteiger partial charge in [0, 0.05) is 0 Å². The fourth-order valence-electron chi connectivity index (χ4n) is 2.13. The van der Waals surface area contributed by atoms with E-state index in [4.69, 9.17) is 5.26 Å². The summed E-state index contributed by atoms with van der Waals surface area (Å²) in [6.07, 6.45) is 4.13. The molecule has 0 saturated carbocycles. The molecule has 0 unspecified atom stereocenters. The van der Waals surface area contributed by atoms with Gasteiger partial charge in [-0.2, -0.15) is 5.26 Å². The number of hydrogen-bond acceptors (Lipinski definition) is 1. The molecule has 1 heteroatoms. The zero-order valence-electron chi connectivity index (χ0n) is 8.59. The van der Waals surface area contributed by atoms with Crippen molar-refractivity contribution in [3.8, 4) is 6.07 Å². The van der Waals surface area contributed by atoms with Gasteiger partial charge < -0.3 is 0 Å². The molecule has 0 saturated heterocycles. The number of nitrogens with zero attached hydrogens (tertiary/aromatic N) is 1. The average Bonchev–Trinajstić information content (AvgIpc) is 2.23. The summed E-state index contributed by atoms with van der Waals surface area (Å²) in [4.78, 5) is 0. The third-order valence-corrected chi connectivity index (χ3v) is 2.89. The number of hydrogen-bond donors (Lipinski definition) is 0. The first-order chi connectivity index (χ1) is 6.74. The van der Waals surface area contributed by atoms with Gasteiger partial charge in [0.25, 0.3) is 0 Å². The molecule has 2 rings (SSSR count). The van der Waals surface area contributed by atoms with Crippen LogP contribution in [0.1, 0.15) is 28.7 Å². The van der Waals surface area contributed by atoms with Crippen molar-refractivity contribution >= 4 is 5.57 Å². The number of fused-ring (bicyclic) bond motifs is 1. The van der Waals surface area contributed by atoms with Crippen LogP contribution in [0.2, 0.25) is 0 Å².